The first-order chi connectivity index (χ1) is 9.56. The van der Waals surface area contributed by atoms with Crippen LogP contribution >= 0.6 is 0 Å². The largest absolute Gasteiger partial charge is 0.489 e. The van der Waals surface area contributed by atoms with Crippen molar-refractivity contribution < 1.29 is 14.6 Å². The van der Waals surface area contributed by atoms with Crippen molar-refractivity contribution in [3.05, 3.63) is 65.2 Å². The average molecular weight is 271 g/mol. The smallest absolute Gasteiger partial charge is 0.335 e. The highest BCUT2D eigenvalue weighted by Gasteiger charge is 2.03. The Bertz CT molecular complexity index is 574. The molecule has 0 radical (unpaired) electrons. The number of carbonyl (C=O) groups is 1. The average Bonchev–Trinajstić information content (AvgIpc) is 2.46. The van der Waals surface area contributed by atoms with Gasteiger partial charge in [0, 0.05) is 6.04 Å². The second kappa shape index (κ2) is 6.21. The quantitative estimate of drug-likeness (QED) is 0.876. The lowest BCUT2D eigenvalue weighted by Crippen LogP contribution is -2.04. The van der Waals surface area contributed by atoms with E-state index < -0.39 is 5.97 Å². The van der Waals surface area contributed by atoms with Crippen LogP contribution in [0.3, 0.4) is 0 Å². The van der Waals surface area contributed by atoms with Crippen LogP contribution in [0.2, 0.25) is 0 Å². The third-order valence-corrected chi connectivity index (χ3v) is 3.01. The normalized spacial score (nSPS) is 11.9. The summed E-state index contributed by atoms with van der Waals surface area (Å²) in [5.41, 5.74) is 8.03. The standard InChI is InChI=1S/C16H17NO3/c1-11(17)13-6-8-15(9-7-13)20-10-12-2-4-14(5-3-12)16(18)19/h2-9,11H,10,17H2,1H3,(H,18,19)/t11-/m1/s1. The molecule has 2 rings (SSSR count). The van der Waals surface area contributed by atoms with Gasteiger partial charge in [-0.25, -0.2) is 4.79 Å². The van der Waals surface area contributed by atoms with Gasteiger partial charge >= 0.3 is 5.97 Å². The summed E-state index contributed by atoms with van der Waals surface area (Å²) in [6, 6.07) is 14.3. The van der Waals surface area contributed by atoms with Crippen molar-refractivity contribution in [3.8, 4) is 5.75 Å². The van der Waals surface area contributed by atoms with Crippen molar-refractivity contribution in [2.24, 2.45) is 5.73 Å². The third kappa shape index (κ3) is 3.59. The Hall–Kier alpha value is -2.33. The zero-order chi connectivity index (χ0) is 14.5. The predicted octanol–water partition coefficient (Wildman–Crippen LogP) is 2.98. The molecule has 0 saturated carbocycles. The van der Waals surface area contributed by atoms with Crippen LogP contribution < -0.4 is 10.5 Å². The summed E-state index contributed by atoms with van der Waals surface area (Å²) in [5, 5.41) is 8.81. The van der Waals surface area contributed by atoms with E-state index in [1.54, 1.807) is 24.3 Å². The van der Waals surface area contributed by atoms with Crippen LogP contribution in [0, 0.1) is 0 Å². The number of rotatable bonds is 5. The number of hydrogen-bond donors (Lipinski definition) is 2. The van der Waals surface area contributed by atoms with E-state index in [1.165, 1.54) is 0 Å². The van der Waals surface area contributed by atoms with Crippen molar-refractivity contribution >= 4 is 5.97 Å². The fourth-order valence-corrected chi connectivity index (χ4v) is 1.78. The molecule has 0 saturated heterocycles. The second-order valence-electron chi connectivity index (χ2n) is 4.65. The first-order valence-electron chi connectivity index (χ1n) is 6.37. The summed E-state index contributed by atoms with van der Waals surface area (Å²) >= 11 is 0. The number of benzene rings is 2. The molecule has 0 heterocycles. The molecule has 0 aliphatic carbocycles. The van der Waals surface area contributed by atoms with Gasteiger partial charge in [-0.2, -0.15) is 0 Å². The molecule has 0 spiro atoms. The summed E-state index contributed by atoms with van der Waals surface area (Å²) in [6.45, 7) is 2.33. The van der Waals surface area contributed by atoms with Crippen LogP contribution in [-0.4, -0.2) is 11.1 Å². The van der Waals surface area contributed by atoms with E-state index in [0.717, 1.165) is 16.9 Å². The van der Waals surface area contributed by atoms with E-state index in [0.29, 0.717) is 6.61 Å². The van der Waals surface area contributed by atoms with Crippen LogP contribution in [0.15, 0.2) is 48.5 Å². The predicted molar refractivity (Wildman–Crippen MR) is 76.8 cm³/mol. The maximum Gasteiger partial charge on any atom is 0.335 e. The summed E-state index contributed by atoms with van der Waals surface area (Å²) < 4.78 is 5.64. The van der Waals surface area contributed by atoms with Crippen molar-refractivity contribution in [3.63, 3.8) is 0 Å². The molecular formula is C16H17NO3. The van der Waals surface area contributed by atoms with Crippen molar-refractivity contribution in [2.45, 2.75) is 19.6 Å². The van der Waals surface area contributed by atoms with Gasteiger partial charge in [-0.3, -0.25) is 0 Å². The lowest BCUT2D eigenvalue weighted by atomic mass is 10.1. The number of carboxylic acids is 1. The zero-order valence-corrected chi connectivity index (χ0v) is 11.2. The first-order valence-corrected chi connectivity index (χ1v) is 6.37. The van der Waals surface area contributed by atoms with E-state index in [-0.39, 0.29) is 11.6 Å². The highest BCUT2D eigenvalue weighted by molar-refractivity contribution is 5.87. The van der Waals surface area contributed by atoms with Gasteiger partial charge in [0.05, 0.1) is 5.56 Å². The summed E-state index contributed by atoms with van der Waals surface area (Å²) in [4.78, 5) is 10.7. The minimum atomic E-state index is -0.927. The van der Waals surface area contributed by atoms with E-state index in [2.05, 4.69) is 0 Å². The maximum atomic E-state index is 10.7. The lowest BCUT2D eigenvalue weighted by Gasteiger charge is -2.09. The molecule has 20 heavy (non-hydrogen) atoms. The van der Waals surface area contributed by atoms with Crippen molar-refractivity contribution in [1.29, 1.82) is 0 Å². The van der Waals surface area contributed by atoms with Gasteiger partial charge in [0.1, 0.15) is 12.4 Å². The zero-order valence-electron chi connectivity index (χ0n) is 11.2. The highest BCUT2D eigenvalue weighted by atomic mass is 16.5. The molecule has 0 bridgehead atoms. The SMILES string of the molecule is C[C@@H](N)c1ccc(OCc2ccc(C(=O)O)cc2)cc1. The van der Waals surface area contributed by atoms with Gasteiger partial charge in [-0.1, -0.05) is 24.3 Å². The molecular weight excluding hydrogens is 254 g/mol. The van der Waals surface area contributed by atoms with Crippen LogP contribution in [0.25, 0.3) is 0 Å². The lowest BCUT2D eigenvalue weighted by molar-refractivity contribution is 0.0697. The molecule has 4 nitrogen and oxygen atoms in total. The Morgan fingerprint density at radius 2 is 1.75 bits per heavy atom. The van der Waals surface area contributed by atoms with Crippen molar-refractivity contribution in [2.75, 3.05) is 0 Å². The monoisotopic (exact) mass is 271 g/mol. The maximum absolute atomic E-state index is 10.7. The highest BCUT2D eigenvalue weighted by Crippen LogP contribution is 2.17. The molecule has 4 heteroatoms. The summed E-state index contributed by atoms with van der Waals surface area (Å²) in [5.74, 6) is -0.166. The van der Waals surface area contributed by atoms with Gasteiger partial charge in [0.2, 0.25) is 0 Å². The van der Waals surface area contributed by atoms with Crippen LogP contribution in [0.1, 0.15) is 34.5 Å². The fraction of sp³-hybridized carbons (Fsp3) is 0.188. The first kappa shape index (κ1) is 14.1. The van der Waals surface area contributed by atoms with Gasteiger partial charge in [0.15, 0.2) is 0 Å². The van der Waals surface area contributed by atoms with Crippen LogP contribution in [0.5, 0.6) is 5.75 Å². The molecule has 1 atom stereocenters. The number of ether oxygens (including phenoxy) is 1. The molecule has 0 aliphatic heterocycles. The molecule has 2 aromatic carbocycles. The summed E-state index contributed by atoms with van der Waals surface area (Å²) in [7, 11) is 0. The van der Waals surface area contributed by atoms with E-state index in [1.807, 2.05) is 31.2 Å². The Morgan fingerprint density at radius 3 is 2.25 bits per heavy atom. The van der Waals surface area contributed by atoms with Gasteiger partial charge < -0.3 is 15.6 Å². The number of nitrogens with two attached hydrogens (primary N) is 1. The third-order valence-electron chi connectivity index (χ3n) is 3.01. The summed E-state index contributed by atoms with van der Waals surface area (Å²) in [6.07, 6.45) is 0. The molecule has 2 aromatic rings. The Morgan fingerprint density at radius 1 is 1.15 bits per heavy atom. The minimum absolute atomic E-state index is 0.00705. The fourth-order valence-electron chi connectivity index (χ4n) is 1.78. The Kier molecular flexibility index (Phi) is 4.38. The van der Waals surface area contributed by atoms with Gasteiger partial charge in [0.25, 0.3) is 0 Å². The number of carboxylic acid groups (broad SMARTS) is 1. The molecule has 104 valence electrons. The number of hydrogen-bond acceptors (Lipinski definition) is 3. The molecule has 0 aromatic heterocycles. The topological polar surface area (TPSA) is 72.5 Å². The molecule has 0 aliphatic rings. The molecule has 0 fully saturated rings. The van der Waals surface area contributed by atoms with E-state index in [9.17, 15) is 4.79 Å². The van der Waals surface area contributed by atoms with Gasteiger partial charge in [-0.05, 0) is 42.3 Å². The van der Waals surface area contributed by atoms with Gasteiger partial charge in [-0.15, -0.1) is 0 Å². The van der Waals surface area contributed by atoms with E-state index >= 15 is 0 Å². The minimum Gasteiger partial charge on any atom is -0.489 e. The van der Waals surface area contributed by atoms with Crippen LogP contribution in [0.4, 0.5) is 0 Å². The molecule has 3 N–H and O–H groups in total. The van der Waals surface area contributed by atoms with Crippen molar-refractivity contribution in [1.82, 2.24) is 0 Å². The molecule has 0 amide bonds. The Balaban J connectivity index is 1.96. The Labute approximate surface area is 117 Å². The van der Waals surface area contributed by atoms with E-state index in [4.69, 9.17) is 15.6 Å². The second-order valence-corrected chi connectivity index (χ2v) is 4.65. The molecule has 0 unspecified atom stereocenters. The van der Waals surface area contributed by atoms with Crippen LogP contribution in [-0.2, 0) is 6.61 Å². The number of aromatic carboxylic acids is 1.